The summed E-state index contributed by atoms with van der Waals surface area (Å²) in [5, 5.41) is 8.51. The van der Waals surface area contributed by atoms with Gasteiger partial charge in [-0.05, 0) is 40.3 Å². The molecule has 0 aromatic heterocycles. The number of hydrogen-bond acceptors (Lipinski definition) is 4. The summed E-state index contributed by atoms with van der Waals surface area (Å²) in [6, 6.07) is 15.9. The molecule has 0 spiro atoms. The van der Waals surface area contributed by atoms with Crippen molar-refractivity contribution in [3.8, 4) is 5.75 Å². The zero-order valence-corrected chi connectivity index (χ0v) is 15.0. The van der Waals surface area contributed by atoms with Gasteiger partial charge in [0.05, 0.1) is 18.9 Å². The van der Waals surface area contributed by atoms with Crippen LogP contribution in [0.5, 0.6) is 5.75 Å². The predicted molar refractivity (Wildman–Crippen MR) is 103 cm³/mol. The molecule has 0 fully saturated rings. The fourth-order valence-corrected chi connectivity index (χ4v) is 2.95. The van der Waals surface area contributed by atoms with Crippen molar-refractivity contribution in [3.63, 3.8) is 0 Å². The van der Waals surface area contributed by atoms with E-state index >= 15 is 0 Å². The van der Waals surface area contributed by atoms with E-state index in [1.165, 1.54) is 17.3 Å². The Kier molecular flexibility index (Phi) is 6.73. The van der Waals surface area contributed by atoms with Gasteiger partial charge in [0.15, 0.2) is 5.17 Å². The van der Waals surface area contributed by atoms with E-state index in [4.69, 9.17) is 10.5 Å². The van der Waals surface area contributed by atoms with E-state index in [0.29, 0.717) is 5.17 Å². The molecule has 4 nitrogen and oxygen atoms in total. The highest BCUT2D eigenvalue weighted by molar-refractivity contribution is 14.1. The van der Waals surface area contributed by atoms with Gasteiger partial charge in [-0.1, -0.05) is 48.2 Å². The largest absolute Gasteiger partial charge is 0.496 e. The Hall–Kier alpha value is -1.54. The van der Waals surface area contributed by atoms with Crippen LogP contribution >= 0.6 is 34.4 Å². The molecule has 2 aromatic rings. The number of methoxy groups -OCH3 is 1. The number of hydrogen-bond donors (Lipinski definition) is 1. The third-order valence-corrected chi connectivity index (χ3v) is 4.60. The number of thioether (sulfide) groups is 1. The van der Waals surface area contributed by atoms with Crippen LogP contribution in [0.4, 0.5) is 0 Å². The summed E-state index contributed by atoms with van der Waals surface area (Å²) in [6.07, 6.45) is 1.66. The minimum atomic E-state index is 0.435. The van der Waals surface area contributed by atoms with Crippen LogP contribution in [0, 0.1) is 3.57 Å². The lowest BCUT2D eigenvalue weighted by molar-refractivity contribution is 0.414. The molecule has 0 aliphatic heterocycles. The van der Waals surface area contributed by atoms with Gasteiger partial charge in [-0.15, -0.1) is 5.10 Å². The summed E-state index contributed by atoms with van der Waals surface area (Å²) in [7, 11) is 1.64. The molecule has 0 atom stereocenters. The zero-order chi connectivity index (χ0) is 15.8. The van der Waals surface area contributed by atoms with E-state index in [2.05, 4.69) is 44.9 Å². The van der Waals surface area contributed by atoms with Crippen molar-refractivity contribution in [2.24, 2.45) is 15.9 Å². The molecular formula is C16H16IN3OS. The Labute approximate surface area is 148 Å². The van der Waals surface area contributed by atoms with Crippen molar-refractivity contribution in [2.75, 3.05) is 7.11 Å². The molecule has 0 aliphatic rings. The summed E-state index contributed by atoms with van der Waals surface area (Å²) >= 11 is 3.69. The Bertz CT molecular complexity index is 674. The van der Waals surface area contributed by atoms with Crippen molar-refractivity contribution in [3.05, 3.63) is 63.2 Å². The van der Waals surface area contributed by atoms with Gasteiger partial charge >= 0.3 is 0 Å². The minimum Gasteiger partial charge on any atom is -0.496 e. The molecule has 0 heterocycles. The topological polar surface area (TPSA) is 60.0 Å². The van der Waals surface area contributed by atoms with Gasteiger partial charge in [-0.2, -0.15) is 5.10 Å². The van der Waals surface area contributed by atoms with Crippen LogP contribution in [0.1, 0.15) is 11.1 Å². The van der Waals surface area contributed by atoms with Crippen LogP contribution in [0.15, 0.2) is 58.7 Å². The number of rotatable bonds is 5. The average molecular weight is 425 g/mol. The molecule has 2 aromatic carbocycles. The van der Waals surface area contributed by atoms with Crippen LogP contribution in [-0.2, 0) is 5.75 Å². The molecule has 0 radical (unpaired) electrons. The second-order valence-electron chi connectivity index (χ2n) is 4.31. The van der Waals surface area contributed by atoms with Crippen LogP contribution in [-0.4, -0.2) is 18.5 Å². The van der Waals surface area contributed by atoms with Crippen molar-refractivity contribution >= 4 is 45.7 Å². The first kappa shape index (κ1) is 16.8. The first-order valence-corrected chi connectivity index (χ1v) is 8.63. The van der Waals surface area contributed by atoms with E-state index in [-0.39, 0.29) is 0 Å². The second kappa shape index (κ2) is 8.79. The van der Waals surface area contributed by atoms with Crippen LogP contribution in [0.3, 0.4) is 0 Å². The van der Waals surface area contributed by atoms with E-state index < -0.39 is 0 Å². The van der Waals surface area contributed by atoms with Gasteiger partial charge in [0, 0.05) is 9.32 Å². The van der Waals surface area contributed by atoms with Crippen LogP contribution in [0.25, 0.3) is 0 Å². The third-order valence-electron chi connectivity index (χ3n) is 2.81. The zero-order valence-electron chi connectivity index (χ0n) is 12.1. The average Bonchev–Trinajstić information content (AvgIpc) is 2.55. The number of nitrogens with zero attached hydrogens (tertiary/aromatic N) is 2. The third kappa shape index (κ3) is 5.03. The van der Waals surface area contributed by atoms with E-state index in [0.717, 1.165) is 20.6 Å². The lowest BCUT2D eigenvalue weighted by Crippen LogP contribution is -2.06. The quantitative estimate of drug-likeness (QED) is 0.342. The Morgan fingerprint density at radius 2 is 2.00 bits per heavy atom. The summed E-state index contributed by atoms with van der Waals surface area (Å²) in [5.41, 5.74) is 7.96. The van der Waals surface area contributed by atoms with Crippen molar-refractivity contribution in [2.45, 2.75) is 5.75 Å². The number of nitrogens with two attached hydrogens (primary N) is 1. The number of benzene rings is 2. The maximum Gasteiger partial charge on any atom is 0.180 e. The van der Waals surface area contributed by atoms with E-state index in [1.54, 1.807) is 13.3 Å². The first-order valence-electron chi connectivity index (χ1n) is 6.56. The Balaban J connectivity index is 1.99. The Morgan fingerprint density at radius 1 is 1.23 bits per heavy atom. The standard InChI is InChI=1S/C16H16IN3OS/c1-21-15-9-5-8-14(17)13(15)10-19-20-16(18)22-11-12-6-3-2-4-7-12/h2-10H,11H2,1H3,(H2,18,20). The maximum absolute atomic E-state index is 5.86. The summed E-state index contributed by atoms with van der Waals surface area (Å²) in [6.45, 7) is 0. The molecule has 0 amide bonds. The van der Waals surface area contributed by atoms with Crippen molar-refractivity contribution < 1.29 is 4.74 Å². The van der Waals surface area contributed by atoms with E-state index in [1.807, 2.05) is 36.4 Å². The molecule has 0 bridgehead atoms. The van der Waals surface area contributed by atoms with Gasteiger partial charge in [0.2, 0.25) is 0 Å². The van der Waals surface area contributed by atoms with Gasteiger partial charge in [0.1, 0.15) is 5.75 Å². The smallest absolute Gasteiger partial charge is 0.180 e. The molecule has 22 heavy (non-hydrogen) atoms. The molecular weight excluding hydrogens is 409 g/mol. The SMILES string of the molecule is COc1cccc(I)c1C=NN=C(N)SCc1ccccc1. The summed E-state index contributed by atoms with van der Waals surface area (Å²) in [5.74, 6) is 1.54. The highest BCUT2D eigenvalue weighted by atomic mass is 127. The normalized spacial score (nSPS) is 11.8. The summed E-state index contributed by atoms with van der Waals surface area (Å²) in [4.78, 5) is 0. The fraction of sp³-hybridized carbons (Fsp3) is 0.125. The number of amidine groups is 1. The van der Waals surface area contributed by atoms with Crippen LogP contribution in [0.2, 0.25) is 0 Å². The number of halogens is 1. The van der Waals surface area contributed by atoms with Gasteiger partial charge in [-0.3, -0.25) is 0 Å². The first-order chi connectivity index (χ1) is 10.7. The molecule has 2 N–H and O–H groups in total. The molecule has 0 saturated carbocycles. The molecule has 0 unspecified atom stereocenters. The minimum absolute atomic E-state index is 0.435. The summed E-state index contributed by atoms with van der Waals surface area (Å²) < 4.78 is 6.36. The molecule has 114 valence electrons. The highest BCUT2D eigenvalue weighted by Gasteiger charge is 2.03. The van der Waals surface area contributed by atoms with Gasteiger partial charge in [-0.25, -0.2) is 0 Å². The van der Waals surface area contributed by atoms with Gasteiger partial charge in [0.25, 0.3) is 0 Å². The van der Waals surface area contributed by atoms with Gasteiger partial charge < -0.3 is 10.5 Å². The lowest BCUT2D eigenvalue weighted by Gasteiger charge is -2.05. The van der Waals surface area contributed by atoms with Crippen molar-refractivity contribution in [1.82, 2.24) is 0 Å². The monoisotopic (exact) mass is 425 g/mol. The fourth-order valence-electron chi connectivity index (χ4n) is 1.72. The lowest BCUT2D eigenvalue weighted by atomic mass is 10.2. The highest BCUT2D eigenvalue weighted by Crippen LogP contribution is 2.21. The number of ether oxygens (including phenoxy) is 1. The molecule has 0 saturated heterocycles. The maximum atomic E-state index is 5.86. The molecule has 6 heteroatoms. The molecule has 2 rings (SSSR count). The second-order valence-corrected chi connectivity index (χ2v) is 6.47. The van der Waals surface area contributed by atoms with Crippen molar-refractivity contribution in [1.29, 1.82) is 0 Å². The predicted octanol–water partition coefficient (Wildman–Crippen LogP) is 3.88. The van der Waals surface area contributed by atoms with E-state index in [9.17, 15) is 0 Å². The molecule has 0 aliphatic carbocycles. The Morgan fingerprint density at radius 3 is 2.73 bits per heavy atom. The van der Waals surface area contributed by atoms with Crippen LogP contribution < -0.4 is 10.5 Å².